The van der Waals surface area contributed by atoms with Crippen molar-refractivity contribution < 1.29 is 0 Å². The van der Waals surface area contributed by atoms with Crippen molar-refractivity contribution in [1.82, 2.24) is 0 Å². The zero-order valence-electron chi connectivity index (χ0n) is 15.8. The molecule has 0 aromatic rings. The van der Waals surface area contributed by atoms with E-state index in [1.807, 2.05) is 13.8 Å². The van der Waals surface area contributed by atoms with Gasteiger partial charge in [0.2, 0.25) is 0 Å². The van der Waals surface area contributed by atoms with Crippen molar-refractivity contribution in [2.45, 2.75) is 129 Å². The molecular formula is C20H44N2. The Morgan fingerprint density at radius 1 is 0.636 bits per heavy atom. The van der Waals surface area contributed by atoms with Crippen molar-refractivity contribution >= 4 is 0 Å². The number of hydrogen-bond donors (Lipinski definition) is 2. The van der Waals surface area contributed by atoms with Crippen molar-refractivity contribution in [2.75, 3.05) is 0 Å². The zero-order chi connectivity index (χ0) is 16.7. The van der Waals surface area contributed by atoms with Crippen LogP contribution >= 0.6 is 0 Å². The Bertz CT molecular complexity index is 220. The number of nitrogens with two attached hydrogens (primary N) is 2. The zero-order valence-corrected chi connectivity index (χ0v) is 15.8. The molecule has 1 atom stereocenters. The van der Waals surface area contributed by atoms with E-state index in [0.29, 0.717) is 0 Å². The third-order valence-corrected chi connectivity index (χ3v) is 4.82. The molecule has 0 amide bonds. The maximum absolute atomic E-state index is 6.07. The van der Waals surface area contributed by atoms with E-state index in [1.165, 1.54) is 89.9 Å². The minimum atomic E-state index is -0.226. The first-order valence-electron chi connectivity index (χ1n) is 10.0. The molecule has 2 heteroatoms. The molecule has 22 heavy (non-hydrogen) atoms. The molecule has 0 spiro atoms. The summed E-state index contributed by atoms with van der Waals surface area (Å²) in [5.41, 5.74) is 11.9. The number of unbranched alkanes of at least 4 members (excludes halogenated alkanes) is 13. The van der Waals surface area contributed by atoms with Gasteiger partial charge in [-0.15, -0.1) is 0 Å². The summed E-state index contributed by atoms with van der Waals surface area (Å²) in [4.78, 5) is 0. The Hall–Kier alpha value is -0.0800. The van der Waals surface area contributed by atoms with Crippen LogP contribution < -0.4 is 11.5 Å². The fourth-order valence-corrected chi connectivity index (χ4v) is 2.93. The third-order valence-electron chi connectivity index (χ3n) is 4.82. The van der Waals surface area contributed by atoms with Gasteiger partial charge >= 0.3 is 0 Å². The lowest BCUT2D eigenvalue weighted by atomic mass is 9.92. The van der Waals surface area contributed by atoms with Gasteiger partial charge in [-0.2, -0.15) is 0 Å². The fraction of sp³-hybridized carbons (Fsp3) is 1.00. The average molecular weight is 313 g/mol. The normalized spacial score (nSPS) is 13.5. The van der Waals surface area contributed by atoms with Crippen LogP contribution in [0.1, 0.15) is 117 Å². The van der Waals surface area contributed by atoms with Crippen molar-refractivity contribution in [3.05, 3.63) is 0 Å². The van der Waals surface area contributed by atoms with Crippen LogP contribution in [0.3, 0.4) is 0 Å². The lowest BCUT2D eigenvalue weighted by Crippen LogP contribution is -2.50. The first-order chi connectivity index (χ1) is 10.5. The Labute approximate surface area is 140 Å². The van der Waals surface area contributed by atoms with Crippen LogP contribution in [0.5, 0.6) is 0 Å². The minimum absolute atomic E-state index is 0.143. The molecule has 0 heterocycles. The molecule has 0 rings (SSSR count). The first kappa shape index (κ1) is 21.9. The van der Waals surface area contributed by atoms with Gasteiger partial charge in [0.1, 0.15) is 0 Å². The predicted octanol–water partition coefficient (Wildman–Crippen LogP) is 5.92. The van der Waals surface area contributed by atoms with Gasteiger partial charge in [0.25, 0.3) is 0 Å². The largest absolute Gasteiger partial charge is 0.326 e. The van der Waals surface area contributed by atoms with Gasteiger partial charge in [-0.1, -0.05) is 96.8 Å². The molecule has 0 saturated carbocycles. The van der Waals surface area contributed by atoms with Gasteiger partial charge in [0, 0.05) is 11.6 Å². The van der Waals surface area contributed by atoms with E-state index in [9.17, 15) is 0 Å². The Kier molecular flexibility index (Phi) is 14.5. The van der Waals surface area contributed by atoms with Crippen LogP contribution in [0.4, 0.5) is 0 Å². The lowest BCUT2D eigenvalue weighted by molar-refractivity contribution is 0.376. The van der Waals surface area contributed by atoms with Crippen LogP contribution in [0.25, 0.3) is 0 Å². The van der Waals surface area contributed by atoms with Crippen molar-refractivity contribution in [3.63, 3.8) is 0 Å². The second kappa shape index (κ2) is 14.5. The van der Waals surface area contributed by atoms with Crippen molar-refractivity contribution in [2.24, 2.45) is 11.5 Å². The van der Waals surface area contributed by atoms with Crippen LogP contribution in [0.15, 0.2) is 0 Å². The first-order valence-corrected chi connectivity index (χ1v) is 10.0. The lowest BCUT2D eigenvalue weighted by Gasteiger charge is -2.26. The predicted molar refractivity (Wildman–Crippen MR) is 101 cm³/mol. The molecule has 0 bridgehead atoms. The molecule has 0 aliphatic carbocycles. The van der Waals surface area contributed by atoms with Gasteiger partial charge in [-0.25, -0.2) is 0 Å². The molecule has 0 aromatic heterocycles. The van der Waals surface area contributed by atoms with Gasteiger partial charge in [0.05, 0.1) is 0 Å². The van der Waals surface area contributed by atoms with E-state index in [2.05, 4.69) is 6.92 Å². The topological polar surface area (TPSA) is 52.0 Å². The van der Waals surface area contributed by atoms with Crippen LogP contribution in [0, 0.1) is 0 Å². The molecule has 0 aliphatic rings. The summed E-state index contributed by atoms with van der Waals surface area (Å²) in [5, 5.41) is 0. The molecule has 4 N–H and O–H groups in total. The molecule has 134 valence electrons. The van der Waals surface area contributed by atoms with Crippen molar-refractivity contribution in [1.29, 1.82) is 0 Å². The highest BCUT2D eigenvalue weighted by Gasteiger charge is 2.19. The highest BCUT2D eigenvalue weighted by atomic mass is 14.8. The molecular weight excluding hydrogens is 268 g/mol. The summed E-state index contributed by atoms with van der Waals surface area (Å²) >= 11 is 0. The maximum atomic E-state index is 6.07. The minimum Gasteiger partial charge on any atom is -0.326 e. The second-order valence-corrected chi connectivity index (χ2v) is 7.81. The van der Waals surface area contributed by atoms with E-state index in [0.717, 1.165) is 6.42 Å². The third kappa shape index (κ3) is 14.8. The molecule has 0 fully saturated rings. The smallest absolute Gasteiger partial charge is 0.0250 e. The monoisotopic (exact) mass is 312 g/mol. The Morgan fingerprint density at radius 2 is 0.955 bits per heavy atom. The average Bonchev–Trinajstić information content (AvgIpc) is 2.46. The number of hydrogen-bond acceptors (Lipinski definition) is 2. The Morgan fingerprint density at radius 3 is 1.27 bits per heavy atom. The summed E-state index contributed by atoms with van der Waals surface area (Å²) in [6.07, 6.45) is 20.7. The van der Waals surface area contributed by atoms with E-state index < -0.39 is 0 Å². The molecule has 0 radical (unpaired) electrons. The van der Waals surface area contributed by atoms with E-state index in [-0.39, 0.29) is 11.6 Å². The molecule has 2 nitrogen and oxygen atoms in total. The van der Waals surface area contributed by atoms with Crippen LogP contribution in [0.2, 0.25) is 0 Å². The highest BCUT2D eigenvalue weighted by Crippen LogP contribution is 2.15. The van der Waals surface area contributed by atoms with Gasteiger partial charge in [-0.05, 0) is 20.3 Å². The van der Waals surface area contributed by atoms with E-state index in [4.69, 9.17) is 11.5 Å². The molecule has 1 unspecified atom stereocenters. The summed E-state index contributed by atoms with van der Waals surface area (Å²) < 4.78 is 0. The summed E-state index contributed by atoms with van der Waals surface area (Å²) in [6.45, 7) is 6.34. The standard InChI is InChI=1S/C20H44N2/c1-4-5-6-7-8-9-10-11-12-13-14-15-16-17-18-19(21)20(2,3)22/h19H,4-18,21-22H2,1-3H3. The van der Waals surface area contributed by atoms with Gasteiger partial charge < -0.3 is 11.5 Å². The summed E-state index contributed by atoms with van der Waals surface area (Å²) in [6, 6.07) is 0.143. The van der Waals surface area contributed by atoms with Gasteiger partial charge in [0.15, 0.2) is 0 Å². The van der Waals surface area contributed by atoms with E-state index >= 15 is 0 Å². The fourth-order valence-electron chi connectivity index (χ4n) is 2.93. The second-order valence-electron chi connectivity index (χ2n) is 7.81. The van der Waals surface area contributed by atoms with E-state index in [1.54, 1.807) is 0 Å². The van der Waals surface area contributed by atoms with Crippen LogP contribution in [-0.4, -0.2) is 11.6 Å². The summed E-state index contributed by atoms with van der Waals surface area (Å²) in [7, 11) is 0. The quantitative estimate of drug-likeness (QED) is 0.347. The highest BCUT2D eigenvalue weighted by molar-refractivity contribution is 4.84. The molecule has 0 aliphatic heterocycles. The maximum Gasteiger partial charge on any atom is 0.0250 e. The Balaban J connectivity index is 3.12. The van der Waals surface area contributed by atoms with Crippen LogP contribution in [-0.2, 0) is 0 Å². The molecule has 0 aromatic carbocycles. The summed E-state index contributed by atoms with van der Waals surface area (Å²) in [5.74, 6) is 0. The van der Waals surface area contributed by atoms with Gasteiger partial charge in [-0.3, -0.25) is 0 Å². The van der Waals surface area contributed by atoms with Crippen molar-refractivity contribution in [3.8, 4) is 0 Å². The number of rotatable bonds is 16. The molecule has 0 saturated heterocycles. The SMILES string of the molecule is CCCCCCCCCCCCCCCCC(N)C(C)(C)N.